The van der Waals surface area contributed by atoms with Crippen LogP contribution >= 0.6 is 23.4 Å². The van der Waals surface area contributed by atoms with Crippen LogP contribution in [0.4, 0.5) is 5.69 Å². The third kappa shape index (κ3) is 5.03. The second-order valence-corrected chi connectivity index (χ2v) is 8.51. The first-order valence-corrected chi connectivity index (χ1v) is 11.9. The minimum atomic E-state index is -0.294. The van der Waals surface area contributed by atoms with Crippen molar-refractivity contribution in [1.29, 1.82) is 0 Å². The summed E-state index contributed by atoms with van der Waals surface area (Å²) in [5.74, 6) is 0.767. The molecule has 9 heteroatoms. The second kappa shape index (κ2) is 10.6. The van der Waals surface area contributed by atoms with Gasteiger partial charge in [0.15, 0.2) is 5.16 Å². The zero-order valence-electron chi connectivity index (χ0n) is 18.6. The van der Waals surface area contributed by atoms with Gasteiger partial charge in [0.25, 0.3) is 5.56 Å². The summed E-state index contributed by atoms with van der Waals surface area (Å²) in [6.07, 6.45) is 0. The molecular weight excluding hydrogens is 474 g/mol. The smallest absolute Gasteiger partial charge is 0.266 e. The number of halogens is 1. The van der Waals surface area contributed by atoms with Crippen LogP contribution in [0.15, 0.2) is 76.7 Å². The van der Waals surface area contributed by atoms with Gasteiger partial charge in [-0.15, -0.1) is 0 Å². The van der Waals surface area contributed by atoms with Crippen LogP contribution in [0.5, 0.6) is 11.5 Å². The Kier molecular flexibility index (Phi) is 7.40. The quantitative estimate of drug-likeness (QED) is 0.268. The third-order valence-corrected chi connectivity index (χ3v) is 6.09. The van der Waals surface area contributed by atoms with Gasteiger partial charge < -0.3 is 14.8 Å². The van der Waals surface area contributed by atoms with Crippen molar-refractivity contribution in [2.24, 2.45) is 0 Å². The summed E-state index contributed by atoms with van der Waals surface area (Å²) in [7, 11) is 1.52. The predicted molar refractivity (Wildman–Crippen MR) is 136 cm³/mol. The molecule has 1 heterocycles. The van der Waals surface area contributed by atoms with Gasteiger partial charge in [0, 0.05) is 5.02 Å². The van der Waals surface area contributed by atoms with Crippen LogP contribution in [0.25, 0.3) is 16.6 Å². The summed E-state index contributed by atoms with van der Waals surface area (Å²) >= 11 is 7.21. The average molecular weight is 496 g/mol. The number of rotatable bonds is 8. The topological polar surface area (TPSA) is 82.4 Å². The highest BCUT2D eigenvalue weighted by atomic mass is 35.5. The van der Waals surface area contributed by atoms with E-state index in [9.17, 15) is 9.59 Å². The molecule has 34 heavy (non-hydrogen) atoms. The number of hydrogen-bond donors (Lipinski definition) is 1. The van der Waals surface area contributed by atoms with Crippen LogP contribution in [0.1, 0.15) is 6.92 Å². The van der Waals surface area contributed by atoms with Crippen molar-refractivity contribution in [3.63, 3.8) is 0 Å². The van der Waals surface area contributed by atoms with Crippen molar-refractivity contribution in [3.05, 3.63) is 82.1 Å². The fourth-order valence-electron chi connectivity index (χ4n) is 3.44. The van der Waals surface area contributed by atoms with Gasteiger partial charge in [-0.3, -0.25) is 14.2 Å². The lowest BCUT2D eigenvalue weighted by atomic mass is 10.2. The van der Waals surface area contributed by atoms with E-state index in [1.807, 2.05) is 25.1 Å². The Labute approximate surface area is 205 Å². The van der Waals surface area contributed by atoms with Gasteiger partial charge in [0.05, 0.1) is 41.7 Å². The first kappa shape index (κ1) is 23.7. The van der Waals surface area contributed by atoms with E-state index in [2.05, 4.69) is 10.3 Å². The fraction of sp³-hybridized carbons (Fsp3) is 0.160. The molecule has 7 nitrogen and oxygen atoms in total. The van der Waals surface area contributed by atoms with Gasteiger partial charge in [-0.05, 0) is 49.4 Å². The second-order valence-electron chi connectivity index (χ2n) is 7.13. The number of carbonyl (C=O) groups excluding carboxylic acids is 1. The number of methoxy groups -OCH3 is 1. The Morgan fingerprint density at radius 2 is 1.85 bits per heavy atom. The number of hydrogen-bond acceptors (Lipinski definition) is 6. The van der Waals surface area contributed by atoms with Gasteiger partial charge in [0.2, 0.25) is 5.91 Å². The molecule has 0 aliphatic heterocycles. The van der Waals surface area contributed by atoms with Crippen LogP contribution in [0, 0.1) is 0 Å². The molecule has 3 aromatic carbocycles. The van der Waals surface area contributed by atoms with E-state index in [1.165, 1.54) is 11.7 Å². The number of ether oxygens (including phenoxy) is 2. The molecule has 1 N–H and O–H groups in total. The van der Waals surface area contributed by atoms with Gasteiger partial charge in [-0.25, -0.2) is 4.98 Å². The first-order chi connectivity index (χ1) is 16.5. The van der Waals surface area contributed by atoms with Crippen LogP contribution in [0.2, 0.25) is 5.02 Å². The highest BCUT2D eigenvalue weighted by Gasteiger charge is 2.18. The summed E-state index contributed by atoms with van der Waals surface area (Å²) in [6.45, 7) is 2.32. The zero-order chi connectivity index (χ0) is 24.1. The van der Waals surface area contributed by atoms with Crippen LogP contribution in [-0.2, 0) is 4.79 Å². The highest BCUT2D eigenvalue weighted by molar-refractivity contribution is 7.99. The molecular formula is C25H22ClN3O4S. The molecule has 0 bridgehead atoms. The van der Waals surface area contributed by atoms with Crippen molar-refractivity contribution in [2.75, 3.05) is 24.8 Å². The number of amides is 1. The average Bonchev–Trinajstić information content (AvgIpc) is 2.84. The molecule has 0 radical (unpaired) electrons. The minimum Gasteiger partial charge on any atom is -0.495 e. The van der Waals surface area contributed by atoms with E-state index in [1.54, 1.807) is 48.5 Å². The molecule has 0 aliphatic rings. The van der Waals surface area contributed by atoms with Crippen molar-refractivity contribution in [1.82, 2.24) is 9.55 Å². The van der Waals surface area contributed by atoms with Gasteiger partial charge in [-0.2, -0.15) is 0 Å². The normalized spacial score (nSPS) is 10.8. The number of thioether (sulfide) groups is 1. The van der Waals surface area contributed by atoms with Crippen molar-refractivity contribution in [3.8, 4) is 17.2 Å². The number of fused-ring (bicyclic) bond motifs is 1. The van der Waals surface area contributed by atoms with E-state index in [4.69, 9.17) is 21.1 Å². The van der Waals surface area contributed by atoms with Gasteiger partial charge in [-0.1, -0.05) is 47.6 Å². The molecule has 0 saturated carbocycles. The minimum absolute atomic E-state index is 0.0112. The zero-order valence-corrected chi connectivity index (χ0v) is 20.2. The molecule has 0 aliphatic carbocycles. The van der Waals surface area contributed by atoms with Crippen molar-refractivity contribution >= 4 is 45.9 Å². The van der Waals surface area contributed by atoms with Gasteiger partial charge >= 0.3 is 0 Å². The maximum absolute atomic E-state index is 13.5. The predicted octanol–water partition coefficient (Wildman–Crippen LogP) is 5.18. The molecule has 1 aromatic heterocycles. The van der Waals surface area contributed by atoms with E-state index in [0.717, 1.165) is 11.8 Å². The Balaban J connectivity index is 1.70. The number of aromatic nitrogens is 2. The highest BCUT2D eigenvalue weighted by Crippen LogP contribution is 2.29. The molecule has 0 fully saturated rings. The van der Waals surface area contributed by atoms with E-state index < -0.39 is 0 Å². The number of carbonyl (C=O) groups is 1. The lowest BCUT2D eigenvalue weighted by Gasteiger charge is -2.16. The molecule has 4 aromatic rings. The number of benzene rings is 3. The Bertz CT molecular complexity index is 1410. The van der Waals surface area contributed by atoms with Crippen molar-refractivity contribution in [2.45, 2.75) is 12.1 Å². The maximum atomic E-state index is 13.5. The van der Waals surface area contributed by atoms with E-state index >= 15 is 0 Å². The van der Waals surface area contributed by atoms with Crippen LogP contribution < -0.4 is 20.3 Å². The summed E-state index contributed by atoms with van der Waals surface area (Å²) in [5, 5.41) is 4.14. The number of para-hydroxylation sites is 3. The fourth-order valence-corrected chi connectivity index (χ4v) is 4.41. The SMILES string of the molecule is CCOc1ccccc1-n1c(SCC(=O)Nc2cc(Cl)ccc2OC)nc2ccccc2c1=O. The van der Waals surface area contributed by atoms with Crippen LogP contribution in [0.3, 0.4) is 0 Å². The maximum Gasteiger partial charge on any atom is 0.266 e. The summed E-state index contributed by atoms with van der Waals surface area (Å²) in [4.78, 5) is 30.9. The molecule has 4 rings (SSSR count). The molecule has 0 spiro atoms. The summed E-state index contributed by atoms with van der Waals surface area (Å²) < 4.78 is 12.5. The Hall–Kier alpha value is -3.49. The van der Waals surface area contributed by atoms with Crippen molar-refractivity contribution < 1.29 is 14.3 Å². The first-order valence-electron chi connectivity index (χ1n) is 10.5. The molecule has 174 valence electrons. The molecule has 1 amide bonds. The summed E-state index contributed by atoms with van der Waals surface area (Å²) in [6, 6.07) is 19.4. The monoisotopic (exact) mass is 495 g/mol. The van der Waals surface area contributed by atoms with Gasteiger partial charge in [0.1, 0.15) is 11.5 Å². The van der Waals surface area contributed by atoms with Crippen LogP contribution in [-0.4, -0.2) is 34.9 Å². The lowest BCUT2D eigenvalue weighted by molar-refractivity contribution is -0.113. The molecule has 0 unspecified atom stereocenters. The third-order valence-electron chi connectivity index (χ3n) is 4.92. The number of anilines is 1. The largest absolute Gasteiger partial charge is 0.495 e. The number of nitrogens with zero attached hydrogens (tertiary/aromatic N) is 2. The lowest BCUT2D eigenvalue weighted by Crippen LogP contribution is -2.23. The number of nitrogens with one attached hydrogen (secondary N) is 1. The molecule has 0 atom stereocenters. The summed E-state index contributed by atoms with van der Waals surface area (Å²) in [5.41, 5.74) is 1.34. The Morgan fingerprint density at radius 3 is 2.65 bits per heavy atom. The van der Waals surface area contributed by atoms with E-state index in [0.29, 0.717) is 50.6 Å². The Morgan fingerprint density at radius 1 is 1.09 bits per heavy atom. The molecule has 0 saturated heterocycles. The van der Waals surface area contributed by atoms with E-state index in [-0.39, 0.29) is 17.2 Å². The standard InChI is InChI=1S/C25H22ClN3O4S/c1-3-33-22-11-7-6-10-20(22)29-24(31)17-8-4-5-9-18(17)28-25(29)34-15-23(30)27-19-14-16(26)12-13-21(19)32-2/h4-14H,3,15H2,1-2H3,(H,27,30).